The molecule has 2 heterocycles. The van der Waals surface area contributed by atoms with Crippen LogP contribution in [0.2, 0.25) is 5.02 Å². The maximum Gasteiger partial charge on any atom is 0.258 e. The lowest BCUT2D eigenvalue weighted by molar-refractivity contribution is -0.152. The topological polar surface area (TPSA) is 102 Å². The van der Waals surface area contributed by atoms with Crippen molar-refractivity contribution >= 4 is 34.8 Å². The minimum Gasteiger partial charge on any atom is -0.397 e. The van der Waals surface area contributed by atoms with E-state index in [1.807, 2.05) is 18.2 Å². The molecule has 0 aliphatic carbocycles. The van der Waals surface area contributed by atoms with E-state index in [1.165, 1.54) is 4.90 Å². The molecule has 9 heteroatoms. The normalized spacial score (nSPS) is 19.1. The Kier molecular flexibility index (Phi) is 7.26. The van der Waals surface area contributed by atoms with Gasteiger partial charge in [-0.05, 0) is 37.5 Å². The maximum absolute atomic E-state index is 13.0. The second-order valence-electron chi connectivity index (χ2n) is 9.88. The predicted molar refractivity (Wildman–Crippen MR) is 138 cm³/mol. The highest BCUT2D eigenvalue weighted by Gasteiger charge is 2.40. The van der Waals surface area contributed by atoms with Crippen LogP contribution in [-0.2, 0) is 10.4 Å². The fraction of sp³-hybridized carbons (Fsp3) is 0.462. The molecule has 0 unspecified atom stereocenters. The number of nitrogens with one attached hydrogen (secondary N) is 1. The van der Waals surface area contributed by atoms with E-state index in [1.54, 1.807) is 50.2 Å². The molecule has 2 amide bonds. The maximum atomic E-state index is 13.0. The van der Waals surface area contributed by atoms with Gasteiger partial charge >= 0.3 is 0 Å². The fourth-order valence-electron chi connectivity index (χ4n) is 4.87. The number of likely N-dealkylation sites (tertiary alicyclic amines) is 2. The second kappa shape index (κ2) is 10.0. The van der Waals surface area contributed by atoms with Gasteiger partial charge in [-0.2, -0.15) is 0 Å². The van der Waals surface area contributed by atoms with E-state index < -0.39 is 5.60 Å². The highest BCUT2D eigenvalue weighted by molar-refractivity contribution is 6.34. The summed E-state index contributed by atoms with van der Waals surface area (Å²) in [4.78, 5) is 30.9. The molecule has 2 aromatic rings. The van der Waals surface area contributed by atoms with Gasteiger partial charge in [-0.3, -0.25) is 14.5 Å². The van der Waals surface area contributed by atoms with Gasteiger partial charge in [-0.25, -0.2) is 0 Å². The molecule has 0 aromatic heterocycles. The van der Waals surface area contributed by atoms with E-state index in [0.717, 1.165) is 31.6 Å². The van der Waals surface area contributed by atoms with Crippen molar-refractivity contribution < 1.29 is 14.7 Å². The third kappa shape index (κ3) is 5.24. The number of amides is 2. The molecule has 0 spiro atoms. The number of anilines is 2. The second-order valence-corrected chi connectivity index (χ2v) is 10.3. The Morgan fingerprint density at radius 3 is 2.37 bits per heavy atom. The SMILES string of the molecule is CN(C)C(=O)c1cc(N)c(NC2CN(C3CCN(C(=O)[C@@](C)(O)c4ccccc4)CC3)C2)cc1Cl. The number of nitrogens with two attached hydrogens (primary N) is 1. The van der Waals surface area contributed by atoms with Crippen molar-refractivity contribution in [3.63, 3.8) is 0 Å². The molecule has 0 radical (unpaired) electrons. The number of hydrogen-bond donors (Lipinski definition) is 3. The number of benzene rings is 2. The molecule has 4 rings (SSSR count). The van der Waals surface area contributed by atoms with Crippen molar-refractivity contribution in [3.05, 3.63) is 58.6 Å². The van der Waals surface area contributed by atoms with Crippen molar-refractivity contribution in [1.29, 1.82) is 0 Å². The Hall–Kier alpha value is -2.81. The Labute approximate surface area is 211 Å². The van der Waals surface area contributed by atoms with Gasteiger partial charge in [0.15, 0.2) is 5.60 Å². The van der Waals surface area contributed by atoms with E-state index in [-0.39, 0.29) is 17.9 Å². The van der Waals surface area contributed by atoms with E-state index in [0.29, 0.717) is 41.0 Å². The highest BCUT2D eigenvalue weighted by Crippen LogP contribution is 2.31. The number of hydrogen-bond acceptors (Lipinski definition) is 6. The Morgan fingerprint density at radius 2 is 1.77 bits per heavy atom. The first kappa shape index (κ1) is 25.3. The van der Waals surface area contributed by atoms with Crippen molar-refractivity contribution in [2.75, 3.05) is 51.3 Å². The molecule has 2 aliphatic heterocycles. The van der Waals surface area contributed by atoms with Gasteiger partial charge in [-0.15, -0.1) is 0 Å². The summed E-state index contributed by atoms with van der Waals surface area (Å²) in [6.07, 6.45) is 1.75. The first-order chi connectivity index (χ1) is 16.6. The van der Waals surface area contributed by atoms with E-state index >= 15 is 0 Å². The van der Waals surface area contributed by atoms with Gasteiger partial charge in [0.05, 0.1) is 28.0 Å². The monoisotopic (exact) mass is 499 g/mol. The van der Waals surface area contributed by atoms with E-state index in [9.17, 15) is 14.7 Å². The molecule has 2 aliphatic rings. The van der Waals surface area contributed by atoms with Crippen LogP contribution in [0.4, 0.5) is 11.4 Å². The number of carbonyl (C=O) groups is 2. The third-order valence-corrected chi connectivity index (χ3v) is 7.38. The zero-order valence-electron chi connectivity index (χ0n) is 20.5. The molecule has 1 atom stereocenters. The number of nitrogen functional groups attached to an aromatic ring is 1. The molecular weight excluding hydrogens is 466 g/mol. The van der Waals surface area contributed by atoms with Crippen LogP contribution < -0.4 is 11.1 Å². The largest absolute Gasteiger partial charge is 0.397 e. The number of aliphatic hydroxyl groups is 1. The number of rotatable bonds is 6. The first-order valence-electron chi connectivity index (χ1n) is 12.0. The van der Waals surface area contributed by atoms with E-state index in [2.05, 4.69) is 10.2 Å². The molecule has 2 fully saturated rings. The van der Waals surface area contributed by atoms with Gasteiger partial charge < -0.3 is 26.0 Å². The highest BCUT2D eigenvalue weighted by atomic mass is 35.5. The van der Waals surface area contributed by atoms with Crippen LogP contribution in [0.3, 0.4) is 0 Å². The third-order valence-electron chi connectivity index (χ3n) is 7.07. The van der Waals surface area contributed by atoms with Crippen LogP contribution in [0.5, 0.6) is 0 Å². The predicted octanol–water partition coefficient (Wildman–Crippen LogP) is 2.62. The van der Waals surface area contributed by atoms with Gasteiger partial charge in [-0.1, -0.05) is 41.9 Å². The summed E-state index contributed by atoms with van der Waals surface area (Å²) in [6, 6.07) is 13.1. The number of halogens is 1. The zero-order chi connectivity index (χ0) is 25.3. The summed E-state index contributed by atoms with van der Waals surface area (Å²) in [5, 5.41) is 14.7. The van der Waals surface area contributed by atoms with Crippen LogP contribution in [0.25, 0.3) is 0 Å². The standard InChI is InChI=1S/C26H34ClN5O3/c1-26(35,17-7-5-4-6-8-17)25(34)31-11-9-19(10-12-31)32-15-18(16-32)29-23-14-21(27)20(13-22(23)28)24(33)30(2)3/h4-8,13-14,18-19,29,35H,9-12,15-16,28H2,1-3H3/t26-/m0/s1. The summed E-state index contributed by atoms with van der Waals surface area (Å²) >= 11 is 6.34. The zero-order valence-corrected chi connectivity index (χ0v) is 21.3. The van der Waals surface area contributed by atoms with Crippen molar-refractivity contribution in [1.82, 2.24) is 14.7 Å². The van der Waals surface area contributed by atoms with Crippen LogP contribution >= 0.6 is 11.6 Å². The molecule has 8 nitrogen and oxygen atoms in total. The fourth-order valence-corrected chi connectivity index (χ4v) is 5.11. The Balaban J connectivity index is 1.28. The lowest BCUT2D eigenvalue weighted by Gasteiger charge is -2.48. The summed E-state index contributed by atoms with van der Waals surface area (Å²) in [5.41, 5.74) is 6.90. The van der Waals surface area contributed by atoms with Gasteiger partial charge in [0.2, 0.25) is 0 Å². The van der Waals surface area contributed by atoms with Crippen molar-refractivity contribution in [2.24, 2.45) is 0 Å². The van der Waals surface area contributed by atoms with Crippen LogP contribution in [0, 0.1) is 0 Å². The molecule has 2 aromatic carbocycles. The first-order valence-corrected chi connectivity index (χ1v) is 12.3. The van der Waals surface area contributed by atoms with Crippen molar-refractivity contribution in [3.8, 4) is 0 Å². The minimum atomic E-state index is -1.52. The number of nitrogens with zero attached hydrogens (tertiary/aromatic N) is 3. The molecule has 0 bridgehead atoms. The average molecular weight is 500 g/mol. The molecule has 0 saturated carbocycles. The summed E-state index contributed by atoms with van der Waals surface area (Å²) in [7, 11) is 3.35. The molecule has 2 saturated heterocycles. The van der Waals surface area contributed by atoms with Gasteiger partial charge in [0, 0.05) is 46.3 Å². The van der Waals surface area contributed by atoms with Gasteiger partial charge in [0.25, 0.3) is 11.8 Å². The molecule has 35 heavy (non-hydrogen) atoms. The van der Waals surface area contributed by atoms with E-state index in [4.69, 9.17) is 17.3 Å². The molecular formula is C26H34ClN5O3. The summed E-state index contributed by atoms with van der Waals surface area (Å²) < 4.78 is 0. The number of piperidine rings is 1. The van der Waals surface area contributed by atoms with Crippen LogP contribution in [0.1, 0.15) is 35.7 Å². The Bertz CT molecular complexity index is 1080. The quantitative estimate of drug-likeness (QED) is 0.528. The lowest BCUT2D eigenvalue weighted by Crippen LogP contribution is -2.61. The summed E-state index contributed by atoms with van der Waals surface area (Å²) in [6.45, 7) is 4.57. The van der Waals surface area contributed by atoms with Crippen LogP contribution in [-0.4, -0.2) is 84.0 Å². The molecule has 4 N–H and O–H groups in total. The number of carbonyl (C=O) groups excluding carboxylic acids is 2. The van der Waals surface area contributed by atoms with Gasteiger partial charge in [0.1, 0.15) is 0 Å². The lowest BCUT2D eigenvalue weighted by atomic mass is 9.92. The molecule has 188 valence electrons. The van der Waals surface area contributed by atoms with Crippen LogP contribution in [0.15, 0.2) is 42.5 Å². The van der Waals surface area contributed by atoms with Crippen molar-refractivity contribution in [2.45, 2.75) is 37.5 Å². The summed E-state index contributed by atoms with van der Waals surface area (Å²) in [5.74, 6) is -0.424. The smallest absolute Gasteiger partial charge is 0.258 e. The average Bonchev–Trinajstić information content (AvgIpc) is 2.82. The minimum absolute atomic E-state index is 0.182. The Morgan fingerprint density at radius 1 is 1.14 bits per heavy atom.